The molecule has 0 spiro atoms. The first-order valence-electron chi connectivity index (χ1n) is 6.92. The first-order chi connectivity index (χ1) is 10.1. The minimum absolute atomic E-state index is 0.374. The highest BCUT2D eigenvalue weighted by atomic mass is 127. The van der Waals surface area contributed by atoms with Crippen LogP contribution in [-0.4, -0.2) is 42.8 Å². The molecule has 1 amide bonds. The summed E-state index contributed by atoms with van der Waals surface area (Å²) in [5.74, 6) is -0.466. The summed E-state index contributed by atoms with van der Waals surface area (Å²) < 4.78 is 11.2. The molecule has 1 aromatic rings. The molecule has 0 unspecified atom stereocenters. The van der Waals surface area contributed by atoms with Crippen LogP contribution in [-0.2, 0) is 20.7 Å². The third-order valence-electron chi connectivity index (χ3n) is 2.96. The summed E-state index contributed by atoms with van der Waals surface area (Å²) in [6.45, 7) is 5.35. The lowest BCUT2D eigenvalue weighted by Gasteiger charge is -2.29. The van der Waals surface area contributed by atoms with Gasteiger partial charge in [0.15, 0.2) is 0 Å². The molecule has 5 nitrogen and oxygen atoms in total. The molecule has 1 atom stereocenters. The average Bonchev–Trinajstić information content (AvgIpc) is 2.43. The molecule has 0 aromatic heterocycles. The number of carbonyl (C=O) groups excluding carboxylic acids is 2. The summed E-state index contributed by atoms with van der Waals surface area (Å²) in [4.78, 5) is 25.5. The maximum absolute atomic E-state index is 12.2. The van der Waals surface area contributed by atoms with Crippen LogP contribution < -0.4 is 0 Å². The van der Waals surface area contributed by atoms with Crippen LogP contribution >= 0.6 is 22.6 Å². The Morgan fingerprint density at radius 3 is 2.23 bits per heavy atom. The first kappa shape index (κ1) is 18.7. The van der Waals surface area contributed by atoms with E-state index in [1.807, 2.05) is 24.3 Å². The monoisotopic (exact) mass is 419 g/mol. The Hall–Kier alpha value is -1.31. The number of likely N-dealkylation sites (N-methyl/N-ethyl adjacent to an activating group) is 1. The molecule has 0 bridgehead atoms. The number of halogens is 1. The van der Waals surface area contributed by atoms with Gasteiger partial charge in [0.05, 0.1) is 7.11 Å². The fourth-order valence-electron chi connectivity index (χ4n) is 1.82. The summed E-state index contributed by atoms with van der Waals surface area (Å²) in [7, 11) is 2.86. The third-order valence-corrected chi connectivity index (χ3v) is 3.68. The summed E-state index contributed by atoms with van der Waals surface area (Å²) in [5.41, 5.74) is 0.334. The van der Waals surface area contributed by atoms with Gasteiger partial charge in [0.2, 0.25) is 0 Å². The zero-order valence-corrected chi connectivity index (χ0v) is 15.7. The van der Waals surface area contributed by atoms with Crippen molar-refractivity contribution in [2.24, 2.45) is 0 Å². The number of benzene rings is 1. The molecule has 0 fully saturated rings. The van der Waals surface area contributed by atoms with Gasteiger partial charge >= 0.3 is 12.1 Å². The molecule has 0 aliphatic carbocycles. The quantitative estimate of drug-likeness (QED) is 0.556. The number of esters is 1. The van der Waals surface area contributed by atoms with Gasteiger partial charge in [0.25, 0.3) is 0 Å². The smallest absolute Gasteiger partial charge is 0.410 e. The van der Waals surface area contributed by atoms with Crippen LogP contribution in [0, 0.1) is 3.57 Å². The number of rotatable bonds is 4. The molecule has 0 aliphatic heterocycles. The summed E-state index contributed by atoms with van der Waals surface area (Å²) in [5, 5.41) is 0. The maximum Gasteiger partial charge on any atom is 0.410 e. The Kier molecular flexibility index (Phi) is 6.65. The van der Waals surface area contributed by atoms with Gasteiger partial charge in [0, 0.05) is 17.0 Å². The molecular formula is C16H22INO4. The van der Waals surface area contributed by atoms with E-state index >= 15 is 0 Å². The molecule has 0 N–H and O–H groups in total. The molecule has 0 heterocycles. The Balaban J connectivity index is 2.90. The zero-order valence-electron chi connectivity index (χ0n) is 13.6. The number of hydrogen-bond acceptors (Lipinski definition) is 4. The van der Waals surface area contributed by atoms with Crippen LogP contribution in [0.2, 0.25) is 0 Å². The highest BCUT2D eigenvalue weighted by Gasteiger charge is 2.31. The lowest BCUT2D eigenvalue weighted by atomic mass is 10.1. The molecule has 1 rings (SSSR count). The third kappa shape index (κ3) is 5.82. The van der Waals surface area contributed by atoms with E-state index in [1.165, 1.54) is 12.0 Å². The molecule has 1 aromatic carbocycles. The fourth-order valence-corrected chi connectivity index (χ4v) is 2.18. The van der Waals surface area contributed by atoms with Crippen LogP contribution in [0.4, 0.5) is 4.79 Å². The Labute approximate surface area is 145 Å². The van der Waals surface area contributed by atoms with Crippen molar-refractivity contribution < 1.29 is 19.1 Å². The predicted molar refractivity (Wildman–Crippen MR) is 92.7 cm³/mol. The van der Waals surface area contributed by atoms with E-state index in [0.717, 1.165) is 9.13 Å². The summed E-state index contributed by atoms with van der Waals surface area (Å²) in [6, 6.07) is 7.05. The molecule has 22 heavy (non-hydrogen) atoms. The molecule has 6 heteroatoms. The number of methoxy groups -OCH3 is 1. The highest BCUT2D eigenvalue weighted by molar-refractivity contribution is 14.1. The molecular weight excluding hydrogens is 397 g/mol. The van der Waals surface area contributed by atoms with Crippen molar-refractivity contribution >= 4 is 34.7 Å². The molecule has 0 saturated heterocycles. The lowest BCUT2D eigenvalue weighted by Crippen LogP contribution is -2.46. The SMILES string of the molecule is COC(=O)[C@H](Cc1ccc(I)cc1)N(C)C(=O)OC(C)(C)C. The van der Waals surface area contributed by atoms with E-state index in [0.29, 0.717) is 6.42 Å². The van der Waals surface area contributed by atoms with Crippen LogP contribution in [0.5, 0.6) is 0 Å². The van der Waals surface area contributed by atoms with Gasteiger partial charge in [-0.3, -0.25) is 4.90 Å². The molecule has 0 saturated carbocycles. The van der Waals surface area contributed by atoms with Gasteiger partial charge in [-0.2, -0.15) is 0 Å². The average molecular weight is 419 g/mol. The first-order valence-corrected chi connectivity index (χ1v) is 8.00. The van der Waals surface area contributed by atoms with Crippen LogP contribution in [0.15, 0.2) is 24.3 Å². The van der Waals surface area contributed by atoms with Crippen molar-refractivity contribution in [3.63, 3.8) is 0 Å². The van der Waals surface area contributed by atoms with Crippen LogP contribution in [0.1, 0.15) is 26.3 Å². The predicted octanol–water partition coefficient (Wildman–Crippen LogP) is 3.24. The van der Waals surface area contributed by atoms with Gasteiger partial charge in [0.1, 0.15) is 11.6 Å². The van der Waals surface area contributed by atoms with E-state index in [4.69, 9.17) is 9.47 Å². The lowest BCUT2D eigenvalue weighted by molar-refractivity contribution is -0.146. The highest BCUT2D eigenvalue weighted by Crippen LogP contribution is 2.15. The second-order valence-corrected chi connectivity index (χ2v) is 7.21. The van der Waals surface area contributed by atoms with Crippen LogP contribution in [0.3, 0.4) is 0 Å². The molecule has 0 aliphatic rings. The Bertz CT molecular complexity index is 522. The second kappa shape index (κ2) is 7.80. The minimum atomic E-state index is -0.722. The standard InChI is InChI=1S/C16H22INO4/c1-16(2,3)22-15(20)18(4)13(14(19)21-5)10-11-6-8-12(17)9-7-11/h6-9,13H,10H2,1-5H3/t13-/m0/s1. The van der Waals surface area contributed by atoms with Gasteiger partial charge in [-0.1, -0.05) is 12.1 Å². The maximum atomic E-state index is 12.2. The van der Waals surface area contributed by atoms with E-state index in [1.54, 1.807) is 27.8 Å². The van der Waals surface area contributed by atoms with Crippen molar-refractivity contribution in [2.75, 3.05) is 14.2 Å². The second-order valence-electron chi connectivity index (χ2n) is 5.96. The summed E-state index contributed by atoms with van der Waals surface area (Å²) in [6.07, 6.45) is -0.173. The number of hydrogen-bond donors (Lipinski definition) is 0. The number of nitrogens with zero attached hydrogens (tertiary/aromatic N) is 1. The van der Waals surface area contributed by atoms with Crippen molar-refractivity contribution in [2.45, 2.75) is 38.8 Å². The van der Waals surface area contributed by atoms with E-state index < -0.39 is 23.7 Å². The normalized spacial score (nSPS) is 12.5. The van der Waals surface area contributed by atoms with Crippen molar-refractivity contribution in [3.8, 4) is 0 Å². The van der Waals surface area contributed by atoms with Crippen molar-refractivity contribution in [1.82, 2.24) is 4.90 Å². The van der Waals surface area contributed by atoms with E-state index in [-0.39, 0.29) is 0 Å². The topological polar surface area (TPSA) is 55.8 Å². The number of ether oxygens (including phenoxy) is 2. The fraction of sp³-hybridized carbons (Fsp3) is 0.500. The van der Waals surface area contributed by atoms with Crippen molar-refractivity contribution in [1.29, 1.82) is 0 Å². The Morgan fingerprint density at radius 2 is 1.77 bits per heavy atom. The molecule has 122 valence electrons. The van der Waals surface area contributed by atoms with Gasteiger partial charge < -0.3 is 9.47 Å². The van der Waals surface area contributed by atoms with Crippen LogP contribution in [0.25, 0.3) is 0 Å². The largest absolute Gasteiger partial charge is 0.467 e. The van der Waals surface area contributed by atoms with Gasteiger partial charge in [-0.25, -0.2) is 9.59 Å². The van der Waals surface area contributed by atoms with E-state index in [2.05, 4.69) is 22.6 Å². The molecule has 0 radical (unpaired) electrons. The number of carbonyl (C=O) groups is 2. The van der Waals surface area contributed by atoms with Crippen molar-refractivity contribution in [3.05, 3.63) is 33.4 Å². The van der Waals surface area contributed by atoms with Gasteiger partial charge in [-0.15, -0.1) is 0 Å². The van der Waals surface area contributed by atoms with Gasteiger partial charge in [-0.05, 0) is 61.1 Å². The van der Waals surface area contributed by atoms with E-state index in [9.17, 15) is 9.59 Å². The minimum Gasteiger partial charge on any atom is -0.467 e. The Morgan fingerprint density at radius 1 is 1.23 bits per heavy atom. The summed E-state index contributed by atoms with van der Waals surface area (Å²) >= 11 is 2.21. The zero-order chi connectivity index (χ0) is 16.9. The number of amides is 1.